The van der Waals surface area contributed by atoms with Gasteiger partial charge in [0.05, 0.1) is 0 Å². The predicted octanol–water partition coefficient (Wildman–Crippen LogP) is 3.09. The summed E-state index contributed by atoms with van der Waals surface area (Å²) in [4.78, 5) is 0. The van der Waals surface area contributed by atoms with Crippen LogP contribution in [-0.4, -0.2) is 5.60 Å². The van der Waals surface area contributed by atoms with Gasteiger partial charge >= 0.3 is 0 Å². The van der Waals surface area contributed by atoms with Gasteiger partial charge in [0.25, 0.3) is 0 Å². The molecule has 0 aliphatic heterocycles. The van der Waals surface area contributed by atoms with Crippen LogP contribution < -0.4 is 10.5 Å². The van der Waals surface area contributed by atoms with Gasteiger partial charge in [-0.3, -0.25) is 0 Å². The minimum Gasteiger partial charge on any atom is -0.488 e. The van der Waals surface area contributed by atoms with Crippen molar-refractivity contribution in [3.63, 3.8) is 0 Å². The van der Waals surface area contributed by atoms with Gasteiger partial charge in [-0.1, -0.05) is 15.9 Å². The van der Waals surface area contributed by atoms with Gasteiger partial charge in [-0.05, 0) is 39.0 Å². The summed E-state index contributed by atoms with van der Waals surface area (Å²) in [5.74, 6) is 0.864. The van der Waals surface area contributed by atoms with Crippen LogP contribution in [0.5, 0.6) is 5.75 Å². The first-order valence-electron chi connectivity index (χ1n) is 4.60. The van der Waals surface area contributed by atoms with Gasteiger partial charge in [0, 0.05) is 16.6 Å². The Morgan fingerprint density at radius 3 is 2.50 bits per heavy atom. The van der Waals surface area contributed by atoms with Crippen molar-refractivity contribution in [3.05, 3.63) is 28.2 Å². The molecule has 0 unspecified atom stereocenters. The number of halogens is 1. The summed E-state index contributed by atoms with van der Waals surface area (Å²) in [5.41, 5.74) is 6.48. The standard InChI is InChI=1S/C11H16BrNO/c1-11(2,3)14-10-5-4-9(12)6-8(10)7-13/h4-6H,7,13H2,1-3H3. The van der Waals surface area contributed by atoms with Gasteiger partial charge in [-0.2, -0.15) is 0 Å². The maximum Gasteiger partial charge on any atom is 0.124 e. The third-order valence-corrected chi connectivity index (χ3v) is 2.15. The molecule has 1 aromatic carbocycles. The van der Waals surface area contributed by atoms with E-state index in [-0.39, 0.29) is 5.60 Å². The van der Waals surface area contributed by atoms with Gasteiger partial charge in [0.1, 0.15) is 11.4 Å². The van der Waals surface area contributed by atoms with Crippen LogP contribution in [0.2, 0.25) is 0 Å². The lowest BCUT2D eigenvalue weighted by Crippen LogP contribution is -2.23. The maximum atomic E-state index is 5.78. The molecule has 0 atom stereocenters. The third kappa shape index (κ3) is 3.31. The molecule has 0 heterocycles. The van der Waals surface area contributed by atoms with Gasteiger partial charge in [-0.25, -0.2) is 0 Å². The van der Waals surface area contributed by atoms with E-state index in [4.69, 9.17) is 10.5 Å². The molecule has 0 radical (unpaired) electrons. The molecule has 0 fully saturated rings. The Bertz CT molecular complexity index is 318. The van der Waals surface area contributed by atoms with Crippen LogP contribution in [0, 0.1) is 0 Å². The fraction of sp³-hybridized carbons (Fsp3) is 0.455. The summed E-state index contributed by atoms with van der Waals surface area (Å²) in [6.45, 7) is 6.56. The monoisotopic (exact) mass is 257 g/mol. The fourth-order valence-electron chi connectivity index (χ4n) is 1.14. The van der Waals surface area contributed by atoms with Crippen molar-refractivity contribution in [2.75, 3.05) is 0 Å². The lowest BCUT2D eigenvalue weighted by Gasteiger charge is -2.23. The highest BCUT2D eigenvalue weighted by Gasteiger charge is 2.13. The molecule has 0 amide bonds. The van der Waals surface area contributed by atoms with E-state index in [9.17, 15) is 0 Å². The predicted molar refractivity (Wildman–Crippen MR) is 62.4 cm³/mol. The van der Waals surface area contributed by atoms with Crippen LogP contribution in [0.3, 0.4) is 0 Å². The molecule has 1 aromatic rings. The van der Waals surface area contributed by atoms with Crippen molar-refractivity contribution in [1.82, 2.24) is 0 Å². The van der Waals surface area contributed by atoms with E-state index in [1.807, 2.05) is 39.0 Å². The van der Waals surface area contributed by atoms with Gasteiger partial charge in [-0.15, -0.1) is 0 Å². The number of nitrogens with two attached hydrogens (primary N) is 1. The normalized spacial score (nSPS) is 11.5. The molecule has 0 bridgehead atoms. The fourth-order valence-corrected chi connectivity index (χ4v) is 1.55. The number of rotatable bonds is 2. The van der Waals surface area contributed by atoms with Crippen molar-refractivity contribution in [1.29, 1.82) is 0 Å². The van der Waals surface area contributed by atoms with Crippen molar-refractivity contribution in [3.8, 4) is 5.75 Å². The van der Waals surface area contributed by atoms with Crippen LogP contribution in [0.1, 0.15) is 26.3 Å². The van der Waals surface area contributed by atoms with Crippen molar-refractivity contribution >= 4 is 15.9 Å². The minimum absolute atomic E-state index is 0.183. The maximum absolute atomic E-state index is 5.78. The smallest absolute Gasteiger partial charge is 0.124 e. The largest absolute Gasteiger partial charge is 0.488 e. The Morgan fingerprint density at radius 1 is 1.36 bits per heavy atom. The molecule has 14 heavy (non-hydrogen) atoms. The average molecular weight is 258 g/mol. The van der Waals surface area contributed by atoms with Crippen LogP contribution >= 0.6 is 15.9 Å². The zero-order valence-corrected chi connectivity index (χ0v) is 10.4. The highest BCUT2D eigenvalue weighted by molar-refractivity contribution is 9.10. The Labute approximate surface area is 93.6 Å². The van der Waals surface area contributed by atoms with Crippen molar-refractivity contribution < 1.29 is 4.74 Å². The highest BCUT2D eigenvalue weighted by Crippen LogP contribution is 2.26. The van der Waals surface area contributed by atoms with E-state index in [1.165, 1.54) is 0 Å². The Hall–Kier alpha value is -0.540. The van der Waals surface area contributed by atoms with Gasteiger partial charge in [0.2, 0.25) is 0 Å². The molecular weight excluding hydrogens is 242 g/mol. The molecule has 0 aromatic heterocycles. The molecule has 0 saturated heterocycles. The molecule has 0 saturated carbocycles. The second kappa shape index (κ2) is 4.32. The van der Waals surface area contributed by atoms with Gasteiger partial charge < -0.3 is 10.5 Å². The Morgan fingerprint density at radius 2 is 2.00 bits per heavy atom. The topological polar surface area (TPSA) is 35.2 Å². The van der Waals surface area contributed by atoms with Crippen LogP contribution in [0.15, 0.2) is 22.7 Å². The summed E-state index contributed by atoms with van der Waals surface area (Å²) in [6.07, 6.45) is 0. The van der Waals surface area contributed by atoms with Crippen molar-refractivity contribution in [2.24, 2.45) is 5.73 Å². The molecule has 0 aliphatic rings. The second-order valence-corrected chi connectivity index (χ2v) is 5.09. The zero-order valence-electron chi connectivity index (χ0n) is 8.80. The van der Waals surface area contributed by atoms with E-state index >= 15 is 0 Å². The Kier molecular flexibility index (Phi) is 3.56. The molecule has 1 rings (SSSR count). The first kappa shape index (κ1) is 11.5. The number of hydrogen-bond acceptors (Lipinski definition) is 2. The number of benzene rings is 1. The molecule has 3 heteroatoms. The highest BCUT2D eigenvalue weighted by atomic mass is 79.9. The summed E-state index contributed by atoms with van der Waals surface area (Å²) >= 11 is 3.41. The SMILES string of the molecule is CC(C)(C)Oc1ccc(Br)cc1CN. The number of hydrogen-bond donors (Lipinski definition) is 1. The first-order chi connectivity index (χ1) is 6.42. The Balaban J connectivity index is 2.97. The molecular formula is C11H16BrNO. The van der Waals surface area contributed by atoms with Crippen LogP contribution in [-0.2, 0) is 6.54 Å². The van der Waals surface area contributed by atoms with Crippen molar-refractivity contribution in [2.45, 2.75) is 32.9 Å². The second-order valence-electron chi connectivity index (χ2n) is 4.17. The summed E-state index contributed by atoms with van der Waals surface area (Å²) in [5, 5.41) is 0. The van der Waals surface area contributed by atoms with E-state index in [1.54, 1.807) is 0 Å². The zero-order chi connectivity index (χ0) is 10.8. The molecule has 2 N–H and O–H groups in total. The van der Waals surface area contributed by atoms with E-state index < -0.39 is 0 Å². The van der Waals surface area contributed by atoms with Crippen LogP contribution in [0.25, 0.3) is 0 Å². The van der Waals surface area contributed by atoms with E-state index in [0.717, 1.165) is 15.8 Å². The average Bonchev–Trinajstić information content (AvgIpc) is 2.06. The van der Waals surface area contributed by atoms with E-state index in [2.05, 4.69) is 15.9 Å². The lowest BCUT2D eigenvalue weighted by atomic mass is 10.1. The third-order valence-electron chi connectivity index (χ3n) is 1.66. The summed E-state index contributed by atoms with van der Waals surface area (Å²) in [6, 6.07) is 5.89. The number of ether oxygens (including phenoxy) is 1. The van der Waals surface area contributed by atoms with Crippen LogP contribution in [0.4, 0.5) is 0 Å². The summed E-state index contributed by atoms with van der Waals surface area (Å²) in [7, 11) is 0. The molecule has 0 spiro atoms. The van der Waals surface area contributed by atoms with Gasteiger partial charge in [0.15, 0.2) is 0 Å². The molecule has 0 aliphatic carbocycles. The lowest BCUT2D eigenvalue weighted by molar-refractivity contribution is 0.129. The summed E-state index contributed by atoms with van der Waals surface area (Å²) < 4.78 is 6.80. The first-order valence-corrected chi connectivity index (χ1v) is 5.39. The quantitative estimate of drug-likeness (QED) is 0.884. The minimum atomic E-state index is -0.183. The molecule has 2 nitrogen and oxygen atoms in total. The van der Waals surface area contributed by atoms with E-state index in [0.29, 0.717) is 6.54 Å². The molecule has 78 valence electrons.